The molecule has 1 unspecified atom stereocenters. The Bertz CT molecular complexity index is 607. The minimum Gasteiger partial charge on any atom is -0.379 e. The van der Waals surface area contributed by atoms with Gasteiger partial charge in [-0.15, -0.1) is 0 Å². The van der Waals surface area contributed by atoms with E-state index in [0.29, 0.717) is 18.3 Å². The number of amidine groups is 2. The second-order valence-electron chi connectivity index (χ2n) is 6.96. The highest BCUT2D eigenvalue weighted by molar-refractivity contribution is 6.23. The molecule has 0 aromatic rings. The number of hydrogen-bond donors (Lipinski definition) is 0. The van der Waals surface area contributed by atoms with Crippen LogP contribution >= 0.6 is 0 Å². The summed E-state index contributed by atoms with van der Waals surface area (Å²) in [5, 5.41) is 0. The van der Waals surface area contributed by atoms with Crippen molar-refractivity contribution in [2.24, 2.45) is 10.9 Å². The van der Waals surface area contributed by atoms with Gasteiger partial charge in [-0.05, 0) is 10.9 Å². The molecular formula is C16H26N5O3+. The summed E-state index contributed by atoms with van der Waals surface area (Å²) in [4.78, 5) is 34.6. The summed E-state index contributed by atoms with van der Waals surface area (Å²) in [6, 6.07) is -0.816. The van der Waals surface area contributed by atoms with E-state index in [4.69, 9.17) is 4.74 Å². The van der Waals surface area contributed by atoms with Crippen LogP contribution < -0.4 is 0 Å². The van der Waals surface area contributed by atoms with E-state index in [2.05, 4.69) is 28.3 Å². The summed E-state index contributed by atoms with van der Waals surface area (Å²) in [6.07, 6.45) is 0. The number of likely N-dealkylation sites (N-methyl/N-ethyl adjacent to an activating group) is 2. The average molecular weight is 336 g/mol. The van der Waals surface area contributed by atoms with E-state index in [9.17, 15) is 9.59 Å². The maximum absolute atomic E-state index is 12.7. The fourth-order valence-electron chi connectivity index (χ4n) is 3.34. The van der Waals surface area contributed by atoms with Gasteiger partial charge in [0.25, 0.3) is 17.8 Å². The lowest BCUT2D eigenvalue weighted by Crippen LogP contribution is -2.61. The largest absolute Gasteiger partial charge is 0.379 e. The first-order valence-electron chi connectivity index (χ1n) is 8.46. The van der Waals surface area contributed by atoms with Gasteiger partial charge in [0.05, 0.1) is 19.8 Å². The van der Waals surface area contributed by atoms with Gasteiger partial charge in [0.15, 0.2) is 0 Å². The van der Waals surface area contributed by atoms with Crippen LogP contribution in [0.3, 0.4) is 0 Å². The number of imide groups is 1. The molecule has 8 nitrogen and oxygen atoms in total. The molecule has 3 rings (SSSR count). The number of aliphatic imine (C=N–C) groups is 1. The predicted molar refractivity (Wildman–Crippen MR) is 89.4 cm³/mol. The van der Waals surface area contributed by atoms with Gasteiger partial charge in [-0.1, -0.05) is 13.8 Å². The van der Waals surface area contributed by atoms with Crippen LogP contribution in [0.5, 0.6) is 0 Å². The van der Waals surface area contributed by atoms with Gasteiger partial charge in [-0.25, -0.2) is 9.37 Å². The van der Waals surface area contributed by atoms with Crippen LogP contribution in [-0.2, 0) is 9.53 Å². The van der Waals surface area contributed by atoms with Gasteiger partial charge in [-0.2, -0.15) is 0 Å². The lowest BCUT2D eigenvalue weighted by molar-refractivity contribution is -0.542. The summed E-state index contributed by atoms with van der Waals surface area (Å²) in [6.45, 7) is 8.81. The van der Waals surface area contributed by atoms with Crippen molar-refractivity contribution in [3.63, 3.8) is 0 Å². The zero-order valence-corrected chi connectivity index (χ0v) is 14.9. The van der Waals surface area contributed by atoms with Crippen LogP contribution in [-0.4, -0.2) is 102 Å². The van der Waals surface area contributed by atoms with Gasteiger partial charge in [0.2, 0.25) is 0 Å². The molecule has 132 valence electrons. The quantitative estimate of drug-likeness (QED) is 0.661. The van der Waals surface area contributed by atoms with Crippen molar-refractivity contribution in [1.82, 2.24) is 14.7 Å². The van der Waals surface area contributed by atoms with Crippen molar-refractivity contribution >= 4 is 23.6 Å². The highest BCUT2D eigenvalue weighted by Gasteiger charge is 2.53. The van der Waals surface area contributed by atoms with Gasteiger partial charge in [0.1, 0.15) is 6.54 Å². The van der Waals surface area contributed by atoms with Crippen molar-refractivity contribution in [3.8, 4) is 0 Å². The van der Waals surface area contributed by atoms with Crippen LogP contribution in [0.25, 0.3) is 0 Å². The van der Waals surface area contributed by atoms with Crippen molar-refractivity contribution in [1.29, 1.82) is 0 Å². The van der Waals surface area contributed by atoms with Crippen molar-refractivity contribution in [3.05, 3.63) is 0 Å². The first-order chi connectivity index (χ1) is 11.4. The lowest BCUT2D eigenvalue weighted by Gasteiger charge is -2.31. The Labute approximate surface area is 142 Å². The number of morpholine rings is 1. The monoisotopic (exact) mass is 336 g/mol. The average Bonchev–Trinajstić information content (AvgIpc) is 2.90. The number of fused-ring (bicyclic) bond motifs is 1. The third-order valence-electron chi connectivity index (χ3n) is 4.64. The Morgan fingerprint density at radius 3 is 2.50 bits per heavy atom. The number of hydrogen-bond acceptors (Lipinski definition) is 5. The molecule has 0 aliphatic carbocycles. The zero-order chi connectivity index (χ0) is 17.4. The summed E-state index contributed by atoms with van der Waals surface area (Å²) >= 11 is 0. The number of carbonyl (C=O) groups excluding carboxylic acids is 2. The topological polar surface area (TPSA) is 68.5 Å². The third kappa shape index (κ3) is 2.95. The number of rotatable bonds is 4. The number of ether oxygens (including phenoxy) is 1. The van der Waals surface area contributed by atoms with Crippen LogP contribution in [0.2, 0.25) is 0 Å². The van der Waals surface area contributed by atoms with Gasteiger partial charge < -0.3 is 4.74 Å². The Hall–Kier alpha value is -1.80. The Balaban J connectivity index is 1.92. The molecule has 3 amide bonds. The highest BCUT2D eigenvalue weighted by atomic mass is 16.5. The molecule has 24 heavy (non-hydrogen) atoms. The Morgan fingerprint density at radius 2 is 1.88 bits per heavy atom. The molecule has 0 saturated carbocycles. The zero-order valence-electron chi connectivity index (χ0n) is 14.9. The molecule has 0 aromatic carbocycles. The van der Waals surface area contributed by atoms with Gasteiger partial charge in [-0.3, -0.25) is 19.5 Å². The van der Waals surface area contributed by atoms with Gasteiger partial charge >= 0.3 is 11.9 Å². The number of urea groups is 1. The van der Waals surface area contributed by atoms with E-state index in [1.807, 2.05) is 0 Å². The highest BCUT2D eigenvalue weighted by Crippen LogP contribution is 2.20. The fourth-order valence-corrected chi connectivity index (χ4v) is 3.34. The summed E-state index contributed by atoms with van der Waals surface area (Å²) in [5.74, 6) is 1.61. The SMILES string of the molecule is CC(C)C[N+]1=C(CN2CCOCC2)N=C2C1C(=O)N(C)C(=O)N2C. The normalized spacial score (nSPS) is 25.7. The van der Waals surface area contributed by atoms with Crippen LogP contribution in [0.1, 0.15) is 13.8 Å². The third-order valence-corrected chi connectivity index (χ3v) is 4.64. The molecule has 0 N–H and O–H groups in total. The van der Waals surface area contributed by atoms with E-state index in [1.165, 1.54) is 16.8 Å². The maximum Gasteiger partial charge on any atom is 0.333 e. The summed E-state index contributed by atoms with van der Waals surface area (Å²) < 4.78 is 7.47. The van der Waals surface area contributed by atoms with E-state index in [-0.39, 0.29) is 11.9 Å². The summed E-state index contributed by atoms with van der Waals surface area (Å²) in [7, 11) is 3.22. The predicted octanol–water partition coefficient (Wildman–Crippen LogP) is -0.310. The van der Waals surface area contributed by atoms with Crippen molar-refractivity contribution < 1.29 is 18.9 Å². The van der Waals surface area contributed by atoms with Crippen LogP contribution in [0, 0.1) is 5.92 Å². The van der Waals surface area contributed by atoms with Crippen LogP contribution in [0.4, 0.5) is 4.79 Å². The molecular weight excluding hydrogens is 310 g/mol. The molecule has 0 bridgehead atoms. The van der Waals surface area contributed by atoms with E-state index >= 15 is 0 Å². The number of carbonyl (C=O) groups is 2. The molecule has 3 aliphatic heterocycles. The number of amides is 3. The van der Waals surface area contributed by atoms with E-state index in [1.54, 1.807) is 7.05 Å². The Morgan fingerprint density at radius 1 is 1.21 bits per heavy atom. The molecule has 3 aliphatic rings. The van der Waals surface area contributed by atoms with Crippen molar-refractivity contribution in [2.45, 2.75) is 19.9 Å². The molecule has 0 radical (unpaired) electrons. The van der Waals surface area contributed by atoms with Crippen molar-refractivity contribution in [2.75, 3.05) is 53.5 Å². The smallest absolute Gasteiger partial charge is 0.333 e. The molecule has 8 heteroatoms. The van der Waals surface area contributed by atoms with E-state index in [0.717, 1.165) is 38.7 Å². The molecule has 0 spiro atoms. The molecule has 3 heterocycles. The number of nitrogens with zero attached hydrogens (tertiary/aromatic N) is 5. The van der Waals surface area contributed by atoms with Gasteiger partial charge in [0, 0.05) is 27.2 Å². The molecule has 2 saturated heterocycles. The molecule has 0 aromatic heterocycles. The maximum atomic E-state index is 12.7. The molecule has 1 atom stereocenters. The van der Waals surface area contributed by atoms with Crippen LogP contribution in [0.15, 0.2) is 4.99 Å². The summed E-state index contributed by atoms with van der Waals surface area (Å²) in [5.41, 5.74) is 0. The minimum atomic E-state index is -0.490. The first-order valence-corrected chi connectivity index (χ1v) is 8.46. The lowest BCUT2D eigenvalue weighted by atomic mass is 10.1. The Kier molecular flexibility index (Phi) is 4.69. The molecule has 2 fully saturated rings. The second kappa shape index (κ2) is 6.60. The fraction of sp³-hybridized carbons (Fsp3) is 0.750. The second-order valence-corrected chi connectivity index (χ2v) is 6.96. The van der Waals surface area contributed by atoms with E-state index < -0.39 is 6.04 Å². The first kappa shape index (κ1) is 17.0. The standard InChI is InChI=1S/C16H26N5O3/c1-11(2)9-21-12(10-20-5-7-24-8-6-20)17-14-13(21)15(22)19(4)16(23)18(14)3/h11,13H,5-10H2,1-4H3/q+1. The minimum absolute atomic E-state index is 0.200.